The van der Waals surface area contributed by atoms with Crippen LogP contribution in [0.1, 0.15) is 43.0 Å². The number of thiazole rings is 1. The summed E-state index contributed by atoms with van der Waals surface area (Å²) >= 11 is 1.67. The van der Waals surface area contributed by atoms with Gasteiger partial charge in [-0.25, -0.2) is 9.98 Å². The third-order valence-corrected chi connectivity index (χ3v) is 4.61. The van der Waals surface area contributed by atoms with E-state index in [9.17, 15) is 0 Å². The number of hydrogen-bond donors (Lipinski definition) is 2. The lowest BCUT2D eigenvalue weighted by Gasteiger charge is -2.12. The fraction of sp³-hybridized carbons (Fsp3) is 0.474. The first-order valence-electron chi connectivity index (χ1n) is 8.72. The Labute approximate surface area is 154 Å². The highest BCUT2D eigenvalue weighted by Gasteiger charge is 2.06. The molecular weight excluding hydrogens is 332 g/mol. The van der Waals surface area contributed by atoms with Crippen molar-refractivity contribution in [3.63, 3.8) is 0 Å². The number of aromatic nitrogens is 1. The van der Waals surface area contributed by atoms with Crippen LogP contribution in [0.2, 0.25) is 0 Å². The average molecular weight is 361 g/mol. The molecule has 1 aromatic carbocycles. The van der Waals surface area contributed by atoms with Crippen molar-refractivity contribution in [1.82, 2.24) is 15.6 Å². The van der Waals surface area contributed by atoms with E-state index in [1.54, 1.807) is 18.4 Å². The summed E-state index contributed by atoms with van der Waals surface area (Å²) in [6.07, 6.45) is 0.878. The number of methoxy groups -OCH3 is 1. The van der Waals surface area contributed by atoms with Crippen LogP contribution in [0.25, 0.3) is 0 Å². The lowest BCUT2D eigenvalue weighted by molar-refractivity contribution is 0.409. The van der Waals surface area contributed by atoms with Crippen LogP contribution in [0.15, 0.2) is 34.6 Å². The third kappa shape index (κ3) is 6.05. The molecule has 1 aromatic heterocycles. The molecule has 2 aromatic rings. The molecule has 0 saturated carbocycles. The number of ether oxygens (including phenoxy) is 1. The molecule has 0 fully saturated rings. The van der Waals surface area contributed by atoms with Crippen LogP contribution < -0.4 is 15.4 Å². The fourth-order valence-electron chi connectivity index (χ4n) is 2.38. The topological polar surface area (TPSA) is 58.5 Å². The Morgan fingerprint density at radius 3 is 2.76 bits per heavy atom. The van der Waals surface area contributed by atoms with Gasteiger partial charge in [0.15, 0.2) is 5.96 Å². The Hall–Kier alpha value is -2.08. The molecule has 0 saturated heterocycles. The summed E-state index contributed by atoms with van der Waals surface area (Å²) < 4.78 is 5.40. The van der Waals surface area contributed by atoms with Gasteiger partial charge in [0.25, 0.3) is 0 Å². The quantitative estimate of drug-likeness (QED) is 0.558. The number of hydrogen-bond acceptors (Lipinski definition) is 4. The van der Waals surface area contributed by atoms with E-state index < -0.39 is 0 Å². The van der Waals surface area contributed by atoms with Gasteiger partial charge < -0.3 is 15.4 Å². The minimum Gasteiger partial charge on any atom is -0.496 e. The summed E-state index contributed by atoms with van der Waals surface area (Å²) in [6, 6.07) is 8.10. The molecule has 1 heterocycles. The lowest BCUT2D eigenvalue weighted by atomic mass is 10.1. The first-order valence-corrected chi connectivity index (χ1v) is 9.60. The van der Waals surface area contributed by atoms with Crippen molar-refractivity contribution in [3.8, 4) is 5.75 Å². The van der Waals surface area contributed by atoms with Crippen molar-refractivity contribution in [2.75, 3.05) is 20.2 Å². The number of aliphatic imine (C=N–C) groups is 1. The number of nitrogens with one attached hydrogen (secondary N) is 2. The highest BCUT2D eigenvalue weighted by molar-refractivity contribution is 7.09. The predicted octanol–water partition coefficient (Wildman–Crippen LogP) is 3.57. The number of guanidine groups is 1. The molecule has 0 radical (unpaired) electrons. The number of nitrogens with zero attached hydrogens (tertiary/aromatic N) is 2. The van der Waals surface area contributed by atoms with E-state index in [0.29, 0.717) is 12.5 Å². The normalized spacial score (nSPS) is 11.6. The van der Waals surface area contributed by atoms with Crippen LogP contribution in [-0.2, 0) is 13.0 Å². The Morgan fingerprint density at radius 2 is 2.08 bits per heavy atom. The van der Waals surface area contributed by atoms with E-state index in [1.165, 1.54) is 5.56 Å². The highest BCUT2D eigenvalue weighted by atomic mass is 32.1. The van der Waals surface area contributed by atoms with Gasteiger partial charge in [0.05, 0.1) is 19.3 Å². The van der Waals surface area contributed by atoms with E-state index in [0.717, 1.165) is 41.9 Å². The van der Waals surface area contributed by atoms with Crippen LogP contribution in [-0.4, -0.2) is 31.1 Å². The van der Waals surface area contributed by atoms with Crippen LogP contribution >= 0.6 is 11.3 Å². The molecular formula is C19H28N4OS. The molecule has 0 aliphatic carbocycles. The summed E-state index contributed by atoms with van der Waals surface area (Å²) in [5.41, 5.74) is 2.33. The molecule has 25 heavy (non-hydrogen) atoms. The van der Waals surface area contributed by atoms with Gasteiger partial charge >= 0.3 is 0 Å². The monoisotopic (exact) mass is 360 g/mol. The molecule has 0 unspecified atom stereocenters. The van der Waals surface area contributed by atoms with Crippen LogP contribution in [0, 0.1) is 0 Å². The molecule has 0 spiro atoms. The minimum atomic E-state index is 0.459. The Morgan fingerprint density at radius 1 is 1.28 bits per heavy atom. The van der Waals surface area contributed by atoms with Gasteiger partial charge in [0, 0.05) is 18.5 Å². The predicted molar refractivity (Wildman–Crippen MR) is 106 cm³/mol. The van der Waals surface area contributed by atoms with E-state index in [-0.39, 0.29) is 0 Å². The first kappa shape index (κ1) is 19.2. The molecule has 2 N–H and O–H groups in total. The molecule has 0 aliphatic rings. The van der Waals surface area contributed by atoms with Gasteiger partial charge in [-0.3, -0.25) is 0 Å². The van der Waals surface area contributed by atoms with Gasteiger partial charge in [-0.1, -0.05) is 32.0 Å². The number of para-hydroxylation sites is 1. The molecule has 2 rings (SSSR count). The highest BCUT2D eigenvalue weighted by Crippen LogP contribution is 2.18. The second kappa shape index (κ2) is 10.0. The van der Waals surface area contributed by atoms with Gasteiger partial charge in [-0.15, -0.1) is 11.3 Å². The molecule has 136 valence electrons. The van der Waals surface area contributed by atoms with Crippen molar-refractivity contribution in [3.05, 3.63) is 45.9 Å². The first-order chi connectivity index (χ1) is 12.1. The van der Waals surface area contributed by atoms with Gasteiger partial charge in [0.1, 0.15) is 10.8 Å². The van der Waals surface area contributed by atoms with Crippen molar-refractivity contribution in [2.45, 2.75) is 39.7 Å². The fourth-order valence-corrected chi connectivity index (χ4v) is 3.26. The van der Waals surface area contributed by atoms with Gasteiger partial charge in [-0.2, -0.15) is 0 Å². The smallest absolute Gasteiger partial charge is 0.191 e. The maximum absolute atomic E-state index is 5.40. The van der Waals surface area contributed by atoms with Crippen molar-refractivity contribution in [2.24, 2.45) is 4.99 Å². The number of benzene rings is 1. The zero-order valence-electron chi connectivity index (χ0n) is 15.5. The average Bonchev–Trinajstić information content (AvgIpc) is 3.09. The summed E-state index contributed by atoms with van der Waals surface area (Å²) in [5.74, 6) is 2.20. The standard InChI is InChI=1S/C19H28N4OS/c1-5-20-19(22-12-18-23-16(13-25-18)14(2)3)21-11-10-15-8-6-7-9-17(15)24-4/h6-9,13-14H,5,10-12H2,1-4H3,(H2,20,21,22). The second-order valence-corrected chi connectivity index (χ2v) is 6.95. The van der Waals surface area contributed by atoms with Crippen LogP contribution in [0.3, 0.4) is 0 Å². The molecule has 0 bridgehead atoms. The minimum absolute atomic E-state index is 0.459. The maximum Gasteiger partial charge on any atom is 0.191 e. The van der Waals surface area contributed by atoms with Crippen molar-refractivity contribution in [1.29, 1.82) is 0 Å². The molecule has 0 amide bonds. The van der Waals surface area contributed by atoms with Crippen LogP contribution in [0.4, 0.5) is 0 Å². The van der Waals surface area contributed by atoms with Crippen molar-refractivity contribution < 1.29 is 4.74 Å². The van der Waals surface area contributed by atoms with E-state index in [4.69, 9.17) is 4.74 Å². The summed E-state index contributed by atoms with van der Waals surface area (Å²) in [5, 5.41) is 9.83. The van der Waals surface area contributed by atoms with Crippen LogP contribution in [0.5, 0.6) is 5.75 Å². The second-order valence-electron chi connectivity index (χ2n) is 6.00. The largest absolute Gasteiger partial charge is 0.496 e. The van der Waals surface area contributed by atoms with E-state index in [2.05, 4.69) is 52.8 Å². The summed E-state index contributed by atoms with van der Waals surface area (Å²) in [7, 11) is 1.71. The summed E-state index contributed by atoms with van der Waals surface area (Å²) in [6.45, 7) is 8.60. The van der Waals surface area contributed by atoms with Gasteiger partial charge in [0.2, 0.25) is 0 Å². The SMILES string of the molecule is CCNC(=NCc1nc(C(C)C)cs1)NCCc1ccccc1OC. The summed E-state index contributed by atoms with van der Waals surface area (Å²) in [4.78, 5) is 9.27. The maximum atomic E-state index is 5.40. The Bertz CT molecular complexity index is 682. The molecule has 5 nitrogen and oxygen atoms in total. The third-order valence-electron chi connectivity index (χ3n) is 3.76. The zero-order valence-corrected chi connectivity index (χ0v) is 16.3. The number of rotatable bonds is 8. The van der Waals surface area contributed by atoms with E-state index in [1.807, 2.05) is 18.2 Å². The Kier molecular flexibility index (Phi) is 7.73. The Balaban J connectivity index is 1.90. The zero-order chi connectivity index (χ0) is 18.1. The lowest BCUT2D eigenvalue weighted by Crippen LogP contribution is -2.38. The van der Waals surface area contributed by atoms with E-state index >= 15 is 0 Å². The molecule has 6 heteroatoms. The van der Waals surface area contributed by atoms with Crippen molar-refractivity contribution >= 4 is 17.3 Å². The molecule has 0 aliphatic heterocycles. The van der Waals surface area contributed by atoms with Gasteiger partial charge in [-0.05, 0) is 30.9 Å². The molecule has 0 atom stereocenters.